The van der Waals surface area contributed by atoms with Crippen molar-refractivity contribution in [1.82, 2.24) is 19.1 Å². The van der Waals surface area contributed by atoms with E-state index in [0.717, 1.165) is 84.1 Å². The van der Waals surface area contributed by atoms with E-state index in [1.54, 1.807) is 0 Å². The Bertz CT molecular complexity index is 3740. The van der Waals surface area contributed by atoms with E-state index in [-0.39, 0.29) is 0 Å². The van der Waals surface area contributed by atoms with Crippen LogP contribution >= 0.6 is 0 Å². The van der Waals surface area contributed by atoms with E-state index in [0.29, 0.717) is 11.7 Å². The largest absolute Gasteiger partial charge is 0.454 e. The van der Waals surface area contributed by atoms with E-state index in [2.05, 4.69) is 198 Å². The molecule has 5 heteroatoms. The van der Waals surface area contributed by atoms with Crippen molar-refractivity contribution in [2.45, 2.75) is 13.3 Å². The third-order valence-corrected chi connectivity index (χ3v) is 13.1. The molecule has 1 aliphatic carbocycles. The summed E-state index contributed by atoms with van der Waals surface area (Å²) in [6, 6.07) is 68.9. The number of furan rings is 1. The Kier molecular flexibility index (Phi) is 8.19. The van der Waals surface area contributed by atoms with Crippen LogP contribution in [0.4, 0.5) is 0 Å². The van der Waals surface area contributed by atoms with Gasteiger partial charge in [0.05, 0.1) is 27.9 Å². The van der Waals surface area contributed by atoms with Gasteiger partial charge in [0.2, 0.25) is 0 Å². The molecule has 13 rings (SSSR count). The minimum Gasteiger partial charge on any atom is -0.454 e. The van der Waals surface area contributed by atoms with Crippen LogP contribution in [0.1, 0.15) is 18.2 Å². The van der Waals surface area contributed by atoms with E-state index in [1.807, 2.05) is 24.3 Å². The highest BCUT2D eigenvalue weighted by Crippen LogP contribution is 2.46. The first-order valence-electron chi connectivity index (χ1n) is 22.0. The normalized spacial score (nSPS) is 13.7. The number of hydrogen-bond acceptors (Lipinski definition) is 3. The highest BCUT2D eigenvalue weighted by molar-refractivity contribution is 6.26. The van der Waals surface area contributed by atoms with Crippen LogP contribution < -0.4 is 0 Å². The van der Waals surface area contributed by atoms with Gasteiger partial charge in [-0.15, -0.1) is 0 Å². The van der Waals surface area contributed by atoms with Crippen molar-refractivity contribution in [3.8, 4) is 56.4 Å². The molecule has 0 fully saturated rings. The SMILES string of the molecule is CC1C=Cc2c(n(-c3ccc(-c4cc5c6ccccc6oc5c5c4c4ccccc4n5-c4ccc(-c5cc(-c6ccccc6)nc(-c6ccccc6)n5)cc4)cc3)c3ccccc23)C1. The molecule has 4 heterocycles. The summed E-state index contributed by atoms with van der Waals surface area (Å²) in [7, 11) is 0. The number of aromatic nitrogens is 4. The summed E-state index contributed by atoms with van der Waals surface area (Å²) >= 11 is 0. The van der Waals surface area contributed by atoms with Gasteiger partial charge in [-0.2, -0.15) is 0 Å². The van der Waals surface area contributed by atoms with Crippen molar-refractivity contribution in [2.75, 3.05) is 0 Å². The maximum absolute atomic E-state index is 6.88. The Morgan fingerprint density at radius 1 is 0.500 bits per heavy atom. The average Bonchev–Trinajstić information content (AvgIpc) is 4.02. The van der Waals surface area contributed by atoms with E-state index >= 15 is 0 Å². The lowest BCUT2D eigenvalue weighted by molar-refractivity contribution is 0.671. The topological polar surface area (TPSA) is 48.8 Å². The number of benzene rings is 8. The predicted octanol–water partition coefficient (Wildman–Crippen LogP) is 15.3. The summed E-state index contributed by atoms with van der Waals surface area (Å²) < 4.78 is 11.7. The van der Waals surface area contributed by atoms with Gasteiger partial charge in [-0.05, 0) is 78.1 Å². The van der Waals surface area contributed by atoms with Gasteiger partial charge in [-0.25, -0.2) is 9.97 Å². The molecule has 0 spiro atoms. The summed E-state index contributed by atoms with van der Waals surface area (Å²) in [5, 5.41) is 5.83. The second-order valence-electron chi connectivity index (χ2n) is 17.0. The Morgan fingerprint density at radius 2 is 1.06 bits per heavy atom. The van der Waals surface area contributed by atoms with Crippen LogP contribution in [-0.2, 0) is 6.42 Å². The van der Waals surface area contributed by atoms with E-state index in [9.17, 15) is 0 Å². The fourth-order valence-electron chi connectivity index (χ4n) is 10.1. The van der Waals surface area contributed by atoms with Crippen molar-refractivity contribution in [3.05, 3.63) is 211 Å². The molecule has 8 aromatic carbocycles. The van der Waals surface area contributed by atoms with Gasteiger partial charge in [0.1, 0.15) is 5.58 Å². The van der Waals surface area contributed by atoms with Gasteiger partial charge in [0.15, 0.2) is 11.4 Å². The van der Waals surface area contributed by atoms with Crippen molar-refractivity contribution in [3.63, 3.8) is 0 Å². The minimum absolute atomic E-state index is 0.487. The van der Waals surface area contributed by atoms with Gasteiger partial charge in [0.25, 0.3) is 0 Å². The number of hydrogen-bond donors (Lipinski definition) is 0. The second-order valence-corrected chi connectivity index (χ2v) is 17.0. The van der Waals surface area contributed by atoms with Crippen LogP contribution in [0, 0.1) is 5.92 Å². The molecule has 0 N–H and O–H groups in total. The number of rotatable bonds is 6. The summed E-state index contributed by atoms with van der Waals surface area (Å²) in [4.78, 5) is 10.2. The van der Waals surface area contributed by atoms with Crippen LogP contribution in [0.2, 0.25) is 0 Å². The summed E-state index contributed by atoms with van der Waals surface area (Å²) in [6.07, 6.45) is 5.67. The molecular weight excluding hydrogens is 781 g/mol. The highest BCUT2D eigenvalue weighted by Gasteiger charge is 2.25. The molecule has 0 saturated carbocycles. The lowest BCUT2D eigenvalue weighted by Crippen LogP contribution is -2.08. The van der Waals surface area contributed by atoms with Crippen molar-refractivity contribution >= 4 is 60.7 Å². The van der Waals surface area contributed by atoms with Crippen LogP contribution in [0.3, 0.4) is 0 Å². The van der Waals surface area contributed by atoms with Crippen LogP contribution in [0.15, 0.2) is 205 Å². The predicted molar refractivity (Wildman–Crippen MR) is 264 cm³/mol. The average molecular weight is 821 g/mol. The van der Waals surface area contributed by atoms with Gasteiger partial charge < -0.3 is 13.6 Å². The molecule has 1 unspecified atom stereocenters. The van der Waals surface area contributed by atoms with Gasteiger partial charge in [-0.1, -0.05) is 159 Å². The molecule has 0 bridgehead atoms. The number of para-hydroxylation sites is 3. The Morgan fingerprint density at radius 3 is 1.78 bits per heavy atom. The Hall–Kier alpha value is -8.28. The van der Waals surface area contributed by atoms with Crippen molar-refractivity contribution in [1.29, 1.82) is 0 Å². The van der Waals surface area contributed by atoms with Crippen LogP contribution in [-0.4, -0.2) is 19.1 Å². The number of nitrogens with zero attached hydrogens (tertiary/aromatic N) is 4. The zero-order valence-electron chi connectivity index (χ0n) is 35.1. The molecule has 0 saturated heterocycles. The minimum atomic E-state index is 0.487. The van der Waals surface area contributed by atoms with Crippen LogP contribution in [0.25, 0.3) is 117 Å². The Balaban J connectivity index is 0.997. The van der Waals surface area contributed by atoms with Gasteiger partial charge in [-0.3, -0.25) is 0 Å². The summed E-state index contributed by atoms with van der Waals surface area (Å²) in [6.45, 7) is 2.30. The lowest BCUT2D eigenvalue weighted by atomic mass is 9.94. The molecule has 302 valence electrons. The molecule has 4 aromatic heterocycles. The molecule has 1 atom stereocenters. The number of fused-ring (bicyclic) bond motifs is 10. The first-order chi connectivity index (χ1) is 31.6. The molecule has 64 heavy (non-hydrogen) atoms. The fraction of sp³-hybridized carbons (Fsp3) is 0.0508. The molecular formula is C59H40N4O. The summed E-state index contributed by atoms with van der Waals surface area (Å²) in [5.41, 5.74) is 17.2. The molecule has 0 amide bonds. The maximum atomic E-state index is 6.88. The van der Waals surface area contributed by atoms with Gasteiger partial charge in [0, 0.05) is 66.3 Å². The first-order valence-corrected chi connectivity index (χ1v) is 22.0. The zero-order valence-corrected chi connectivity index (χ0v) is 35.1. The summed E-state index contributed by atoms with van der Waals surface area (Å²) in [5.74, 6) is 1.18. The maximum Gasteiger partial charge on any atom is 0.160 e. The second kappa shape index (κ2) is 14.4. The Labute approximate surface area is 369 Å². The fourth-order valence-corrected chi connectivity index (χ4v) is 10.1. The number of allylic oxidation sites excluding steroid dienone is 1. The molecule has 0 radical (unpaired) electrons. The van der Waals surface area contributed by atoms with Crippen molar-refractivity contribution < 1.29 is 4.42 Å². The third-order valence-electron chi connectivity index (χ3n) is 13.1. The van der Waals surface area contributed by atoms with E-state index in [1.165, 1.54) is 38.8 Å². The highest BCUT2D eigenvalue weighted by atomic mass is 16.3. The van der Waals surface area contributed by atoms with Crippen LogP contribution in [0.5, 0.6) is 0 Å². The first kappa shape index (κ1) is 36.4. The zero-order chi connectivity index (χ0) is 42.3. The van der Waals surface area contributed by atoms with E-state index in [4.69, 9.17) is 14.4 Å². The van der Waals surface area contributed by atoms with E-state index < -0.39 is 0 Å². The third kappa shape index (κ3) is 5.71. The van der Waals surface area contributed by atoms with Crippen molar-refractivity contribution in [2.24, 2.45) is 5.92 Å². The quantitative estimate of drug-likeness (QED) is 0.168. The molecule has 12 aromatic rings. The standard InChI is InChI=1S/C59H40N4O/c1-37-24-33-45-44-18-8-11-21-52(44)62(54(45)34-37)42-29-25-38(26-30-42)48-35-49-46-19-10-13-23-55(46)64-58(49)57-56(48)47-20-9-12-22-53(47)63(57)43-31-27-40(28-32-43)51-36-50(39-14-4-2-5-15-39)60-59(61-51)41-16-6-3-7-17-41/h2-33,35-37H,34H2,1H3. The monoisotopic (exact) mass is 820 g/mol. The smallest absolute Gasteiger partial charge is 0.160 e. The van der Waals surface area contributed by atoms with Gasteiger partial charge >= 0.3 is 0 Å². The molecule has 5 nitrogen and oxygen atoms in total. The lowest BCUT2D eigenvalue weighted by Gasteiger charge is -2.17. The molecule has 0 aliphatic heterocycles. The molecule has 1 aliphatic rings.